The van der Waals surface area contributed by atoms with Gasteiger partial charge < -0.3 is 16.0 Å². The Kier molecular flexibility index (Phi) is 5.38. The summed E-state index contributed by atoms with van der Waals surface area (Å²) in [6.45, 7) is 5.32. The van der Waals surface area contributed by atoms with Gasteiger partial charge in [0, 0.05) is 28.8 Å². The van der Waals surface area contributed by atoms with Crippen LogP contribution in [0.4, 0.5) is 17.1 Å². The zero-order chi connectivity index (χ0) is 20.7. The van der Waals surface area contributed by atoms with Crippen LogP contribution in [0.15, 0.2) is 39.9 Å². The maximum atomic E-state index is 11.9. The van der Waals surface area contributed by atoms with E-state index in [2.05, 4.69) is 16.0 Å². The van der Waals surface area contributed by atoms with E-state index in [9.17, 15) is 9.59 Å². The van der Waals surface area contributed by atoms with E-state index in [1.807, 2.05) is 38.1 Å². The highest BCUT2D eigenvalue weighted by atomic mass is 35.5. The van der Waals surface area contributed by atoms with E-state index in [0.717, 1.165) is 40.9 Å². The highest BCUT2D eigenvalue weighted by Crippen LogP contribution is 2.38. The van der Waals surface area contributed by atoms with Gasteiger partial charge in [0.1, 0.15) is 11.4 Å². The molecule has 0 spiro atoms. The van der Waals surface area contributed by atoms with Crippen molar-refractivity contribution in [1.82, 2.24) is 5.32 Å². The number of aryl methyl sites for hydroxylation is 1. The average Bonchev–Trinajstić information content (AvgIpc) is 2.69. The molecular weight excluding hydrogens is 409 g/mol. The summed E-state index contributed by atoms with van der Waals surface area (Å²) in [6.07, 6.45) is 0.877. The van der Waals surface area contributed by atoms with Gasteiger partial charge in [-0.1, -0.05) is 29.3 Å². The molecule has 7 heteroatoms. The lowest BCUT2D eigenvalue weighted by Gasteiger charge is -2.30. The first-order valence-electron chi connectivity index (χ1n) is 9.56. The molecule has 0 radical (unpaired) electrons. The second kappa shape index (κ2) is 7.82. The van der Waals surface area contributed by atoms with Gasteiger partial charge in [-0.15, -0.1) is 0 Å². The van der Waals surface area contributed by atoms with Crippen LogP contribution in [-0.4, -0.2) is 13.1 Å². The highest BCUT2D eigenvalue weighted by molar-refractivity contribution is 6.35. The van der Waals surface area contributed by atoms with Gasteiger partial charge >= 0.3 is 0 Å². The maximum absolute atomic E-state index is 11.9. The number of nitrogens with one attached hydrogen (secondary N) is 3. The Morgan fingerprint density at radius 3 is 2.59 bits per heavy atom. The van der Waals surface area contributed by atoms with Gasteiger partial charge in [0.15, 0.2) is 0 Å². The van der Waals surface area contributed by atoms with Crippen LogP contribution in [0.3, 0.4) is 0 Å². The minimum absolute atomic E-state index is 0.0268. The fourth-order valence-corrected chi connectivity index (χ4v) is 4.61. The normalized spacial score (nSPS) is 15.9. The summed E-state index contributed by atoms with van der Waals surface area (Å²) in [4.78, 5) is 23.6. The van der Waals surface area contributed by atoms with E-state index in [1.165, 1.54) is 0 Å². The SMILES string of the molecule is CCNc1c(Nc2ccc(C3NCCc4cc(Cl)cc(Cl)c43)c(C)c2)c(=O)c1=O. The van der Waals surface area contributed by atoms with Crippen LogP contribution in [0.2, 0.25) is 10.0 Å². The summed E-state index contributed by atoms with van der Waals surface area (Å²) in [5.74, 6) is 0. The third-order valence-electron chi connectivity index (χ3n) is 5.33. The molecule has 3 N–H and O–H groups in total. The number of fused-ring (bicyclic) bond motifs is 1. The van der Waals surface area contributed by atoms with Crippen molar-refractivity contribution in [2.24, 2.45) is 0 Å². The molecule has 0 saturated heterocycles. The first-order chi connectivity index (χ1) is 13.9. The number of benzene rings is 2. The van der Waals surface area contributed by atoms with Crippen molar-refractivity contribution in [3.8, 4) is 0 Å². The zero-order valence-corrected chi connectivity index (χ0v) is 17.7. The topological polar surface area (TPSA) is 70.2 Å². The van der Waals surface area contributed by atoms with Crippen LogP contribution in [0, 0.1) is 6.92 Å². The predicted molar refractivity (Wildman–Crippen MR) is 120 cm³/mol. The number of hydrogen-bond acceptors (Lipinski definition) is 5. The second-order valence-corrected chi connectivity index (χ2v) is 8.08. The summed E-state index contributed by atoms with van der Waals surface area (Å²) in [5, 5.41) is 10.9. The molecule has 0 aromatic heterocycles. The molecule has 0 bridgehead atoms. The van der Waals surface area contributed by atoms with Crippen molar-refractivity contribution < 1.29 is 0 Å². The summed E-state index contributed by atoms with van der Waals surface area (Å²) >= 11 is 12.7. The van der Waals surface area contributed by atoms with Gasteiger partial charge in [0.05, 0.1) is 6.04 Å². The standard InChI is InChI=1S/C22H21Cl2N3O2/c1-3-25-19-20(22(29)21(19)28)27-14-4-5-15(11(2)8-14)18-17-12(6-7-26-18)9-13(23)10-16(17)24/h4-5,8-10,18,25-27H,3,6-7H2,1-2H3. The Hall–Kier alpha value is -2.34. The molecule has 1 aliphatic heterocycles. The molecule has 0 saturated carbocycles. The van der Waals surface area contributed by atoms with Crippen molar-refractivity contribution in [3.05, 3.63) is 83.1 Å². The van der Waals surface area contributed by atoms with Crippen LogP contribution in [-0.2, 0) is 6.42 Å². The maximum Gasteiger partial charge on any atom is 0.253 e. The average molecular weight is 430 g/mol. The van der Waals surface area contributed by atoms with E-state index in [4.69, 9.17) is 23.2 Å². The minimum atomic E-state index is -0.491. The van der Waals surface area contributed by atoms with Gasteiger partial charge in [0.25, 0.3) is 10.9 Å². The molecule has 5 nitrogen and oxygen atoms in total. The first kappa shape index (κ1) is 20.0. The van der Waals surface area contributed by atoms with E-state index >= 15 is 0 Å². The molecule has 1 aliphatic rings. The van der Waals surface area contributed by atoms with Crippen molar-refractivity contribution in [2.75, 3.05) is 23.7 Å². The molecule has 4 rings (SSSR count). The smallest absolute Gasteiger partial charge is 0.253 e. The quantitative estimate of drug-likeness (QED) is 0.527. The molecule has 29 heavy (non-hydrogen) atoms. The number of halogens is 2. The van der Waals surface area contributed by atoms with Crippen molar-refractivity contribution in [2.45, 2.75) is 26.3 Å². The van der Waals surface area contributed by atoms with Crippen LogP contribution >= 0.6 is 23.2 Å². The number of hydrogen-bond donors (Lipinski definition) is 3. The van der Waals surface area contributed by atoms with Crippen LogP contribution in [0.1, 0.15) is 35.2 Å². The lowest BCUT2D eigenvalue weighted by Crippen LogP contribution is -2.36. The van der Waals surface area contributed by atoms with Crippen molar-refractivity contribution in [3.63, 3.8) is 0 Å². The third kappa shape index (κ3) is 3.54. The second-order valence-electron chi connectivity index (χ2n) is 7.23. The Labute approximate surface area is 178 Å². The van der Waals surface area contributed by atoms with Gasteiger partial charge in [-0.2, -0.15) is 0 Å². The summed E-state index contributed by atoms with van der Waals surface area (Å²) in [5.41, 5.74) is 4.85. The molecular formula is C22H21Cl2N3O2. The molecule has 1 heterocycles. The van der Waals surface area contributed by atoms with E-state index in [1.54, 1.807) is 6.07 Å². The van der Waals surface area contributed by atoms with Gasteiger partial charge in [0.2, 0.25) is 0 Å². The number of rotatable bonds is 5. The van der Waals surface area contributed by atoms with E-state index in [0.29, 0.717) is 28.0 Å². The Morgan fingerprint density at radius 2 is 1.86 bits per heavy atom. The summed E-state index contributed by atoms with van der Waals surface area (Å²) in [7, 11) is 0. The third-order valence-corrected chi connectivity index (χ3v) is 5.86. The monoisotopic (exact) mass is 429 g/mol. The summed E-state index contributed by atoms with van der Waals surface area (Å²) < 4.78 is 0. The minimum Gasteiger partial charge on any atom is -0.380 e. The van der Waals surface area contributed by atoms with E-state index < -0.39 is 10.9 Å². The largest absolute Gasteiger partial charge is 0.380 e. The van der Waals surface area contributed by atoms with Gasteiger partial charge in [-0.25, -0.2) is 0 Å². The highest BCUT2D eigenvalue weighted by Gasteiger charge is 2.26. The van der Waals surface area contributed by atoms with Gasteiger partial charge in [-0.05, 0) is 66.8 Å². The molecule has 0 fully saturated rings. The Morgan fingerprint density at radius 1 is 1.10 bits per heavy atom. The number of anilines is 3. The van der Waals surface area contributed by atoms with Gasteiger partial charge in [-0.3, -0.25) is 9.59 Å². The fraction of sp³-hybridized carbons (Fsp3) is 0.273. The van der Waals surface area contributed by atoms with Crippen molar-refractivity contribution in [1.29, 1.82) is 0 Å². The Balaban J connectivity index is 1.66. The molecule has 3 aromatic carbocycles. The molecule has 0 amide bonds. The first-order valence-corrected chi connectivity index (χ1v) is 10.3. The van der Waals surface area contributed by atoms with Crippen molar-refractivity contribution >= 4 is 40.3 Å². The molecule has 150 valence electrons. The molecule has 1 atom stereocenters. The lowest BCUT2D eigenvalue weighted by molar-refractivity contribution is 0.566. The fourth-order valence-electron chi connectivity index (χ4n) is 3.96. The van der Waals surface area contributed by atoms with Crippen LogP contribution in [0.5, 0.6) is 0 Å². The molecule has 1 unspecified atom stereocenters. The molecule has 0 aliphatic carbocycles. The van der Waals surface area contributed by atoms with Crippen LogP contribution < -0.4 is 26.8 Å². The summed E-state index contributed by atoms with van der Waals surface area (Å²) in [6, 6.07) is 9.64. The van der Waals surface area contributed by atoms with E-state index in [-0.39, 0.29) is 6.04 Å². The van der Waals surface area contributed by atoms with Crippen LogP contribution in [0.25, 0.3) is 0 Å². The predicted octanol–water partition coefficient (Wildman–Crippen LogP) is 4.31. The molecule has 3 aromatic rings. The lowest BCUT2D eigenvalue weighted by atomic mass is 9.87. The Bertz CT molecular complexity index is 1170. The zero-order valence-electron chi connectivity index (χ0n) is 16.2.